The molecule has 1 fully saturated rings. The molecule has 0 radical (unpaired) electrons. The van der Waals surface area contributed by atoms with Gasteiger partial charge in [-0.2, -0.15) is 0 Å². The van der Waals surface area contributed by atoms with Crippen molar-refractivity contribution in [1.29, 1.82) is 0 Å². The number of benzene rings is 4. The zero-order chi connectivity index (χ0) is 23.4. The number of hydrogen-bond donors (Lipinski definition) is 0. The van der Waals surface area contributed by atoms with Crippen molar-refractivity contribution in [1.82, 2.24) is 0 Å². The van der Waals surface area contributed by atoms with Crippen molar-refractivity contribution in [3.8, 4) is 0 Å². The van der Waals surface area contributed by atoms with Crippen LogP contribution in [-0.4, -0.2) is 26.5 Å². The van der Waals surface area contributed by atoms with Crippen LogP contribution >= 0.6 is 11.8 Å². The van der Waals surface area contributed by atoms with Gasteiger partial charge in [-0.1, -0.05) is 135 Å². The molecule has 1 aliphatic heterocycles. The normalized spacial score (nSPS) is 20.1. The van der Waals surface area contributed by atoms with E-state index < -0.39 is 8.07 Å². The minimum atomic E-state index is -2.63. The van der Waals surface area contributed by atoms with Crippen LogP contribution in [0.1, 0.15) is 19.4 Å². The molecular formula is C31H32OSSi. The molecule has 1 aliphatic rings. The molecule has 4 aromatic carbocycles. The largest absolute Gasteiger partial charge is 0.376 e. The van der Waals surface area contributed by atoms with Gasteiger partial charge in [0, 0.05) is 12.4 Å². The van der Waals surface area contributed by atoms with Gasteiger partial charge in [-0.25, -0.2) is 0 Å². The smallest absolute Gasteiger partial charge is 0.172 e. The van der Waals surface area contributed by atoms with Crippen LogP contribution in [0.4, 0.5) is 0 Å². The van der Waals surface area contributed by atoms with Crippen molar-refractivity contribution >= 4 is 35.4 Å². The molecular weight excluding hydrogens is 448 g/mol. The summed E-state index contributed by atoms with van der Waals surface area (Å²) < 4.78 is 6.62. The molecule has 0 spiro atoms. The van der Waals surface area contributed by atoms with Gasteiger partial charge in [0.2, 0.25) is 0 Å². The average Bonchev–Trinajstić information content (AvgIpc) is 2.88. The Hall–Kier alpha value is -2.59. The standard InChI is InChI=1S/C31H32OSSi/c1-25(2)23-32-30-24-33-31(30,26-15-7-3-8-16-26)34(27-17-9-4-10-18-27,28-19-11-5-12-20-28)29-21-13-6-14-22-29/h3-22,25,30H,23-24H2,1-2H3/t30-,31-/m1/s1. The molecule has 5 rings (SSSR count). The predicted octanol–water partition coefficient (Wildman–Crippen LogP) is 5.38. The highest BCUT2D eigenvalue weighted by molar-refractivity contribution is 8.04. The van der Waals surface area contributed by atoms with Crippen molar-refractivity contribution < 1.29 is 4.74 Å². The van der Waals surface area contributed by atoms with Gasteiger partial charge in [0.15, 0.2) is 8.07 Å². The maximum absolute atomic E-state index is 6.79. The average molecular weight is 481 g/mol. The Morgan fingerprint density at radius 1 is 0.706 bits per heavy atom. The summed E-state index contributed by atoms with van der Waals surface area (Å²) in [4.78, 5) is 0. The fraction of sp³-hybridized carbons (Fsp3) is 0.226. The molecule has 1 nitrogen and oxygen atoms in total. The number of hydrogen-bond acceptors (Lipinski definition) is 2. The van der Waals surface area contributed by atoms with Crippen molar-refractivity contribution in [3.63, 3.8) is 0 Å². The van der Waals surface area contributed by atoms with E-state index in [1.54, 1.807) is 0 Å². The van der Waals surface area contributed by atoms with Gasteiger partial charge in [0.05, 0.1) is 10.5 Å². The topological polar surface area (TPSA) is 9.23 Å². The second kappa shape index (κ2) is 9.95. The SMILES string of the molecule is CC(C)CO[C@@H]1CS[C@]1(c1ccccc1)[Si](c1ccccc1)(c1ccccc1)c1ccccc1. The molecule has 172 valence electrons. The second-order valence-electron chi connectivity index (χ2n) is 9.48. The van der Waals surface area contributed by atoms with Gasteiger partial charge in [-0.3, -0.25) is 0 Å². The number of ether oxygens (including phenoxy) is 1. The van der Waals surface area contributed by atoms with E-state index in [9.17, 15) is 0 Å². The summed E-state index contributed by atoms with van der Waals surface area (Å²) in [5.74, 6) is 1.52. The number of rotatable bonds is 8. The van der Waals surface area contributed by atoms with E-state index >= 15 is 0 Å². The van der Waals surface area contributed by atoms with Crippen molar-refractivity contribution in [3.05, 3.63) is 127 Å². The summed E-state index contributed by atoms with van der Waals surface area (Å²) in [6.07, 6.45) is 0.148. The van der Waals surface area contributed by atoms with Gasteiger partial charge in [0.1, 0.15) is 0 Å². The van der Waals surface area contributed by atoms with E-state index in [0.29, 0.717) is 5.92 Å². The summed E-state index contributed by atoms with van der Waals surface area (Å²) in [5, 5.41) is 4.30. The molecule has 0 bridgehead atoms. The molecule has 0 aliphatic carbocycles. The summed E-state index contributed by atoms with van der Waals surface area (Å²) in [6.45, 7) is 5.27. The Labute approximate surface area is 209 Å². The molecule has 0 saturated carbocycles. The molecule has 1 saturated heterocycles. The monoisotopic (exact) mass is 480 g/mol. The van der Waals surface area contributed by atoms with Crippen LogP contribution in [0.5, 0.6) is 0 Å². The van der Waals surface area contributed by atoms with Crippen molar-refractivity contribution in [2.75, 3.05) is 12.4 Å². The lowest BCUT2D eigenvalue weighted by molar-refractivity contribution is 0.0300. The third kappa shape index (κ3) is 3.76. The van der Waals surface area contributed by atoms with E-state index in [1.807, 2.05) is 0 Å². The Balaban J connectivity index is 1.88. The Kier molecular flexibility index (Phi) is 6.78. The summed E-state index contributed by atoms with van der Waals surface area (Å²) in [5.41, 5.74) is 1.38. The zero-order valence-electron chi connectivity index (χ0n) is 19.9. The van der Waals surface area contributed by atoms with Crippen molar-refractivity contribution in [2.24, 2.45) is 5.92 Å². The lowest BCUT2D eigenvalue weighted by Crippen LogP contribution is -2.83. The van der Waals surface area contributed by atoms with Gasteiger partial charge < -0.3 is 4.74 Å². The molecule has 2 atom stereocenters. The minimum Gasteiger partial charge on any atom is -0.376 e. The minimum absolute atomic E-state index is 0.148. The summed E-state index contributed by atoms with van der Waals surface area (Å²) in [7, 11) is -2.63. The summed E-state index contributed by atoms with van der Waals surface area (Å²) >= 11 is 2.09. The Morgan fingerprint density at radius 3 is 1.47 bits per heavy atom. The quantitative estimate of drug-likeness (QED) is 0.247. The zero-order valence-corrected chi connectivity index (χ0v) is 21.7. The first-order valence-corrected chi connectivity index (χ1v) is 15.2. The van der Waals surface area contributed by atoms with Crippen LogP contribution in [0.15, 0.2) is 121 Å². The van der Waals surface area contributed by atoms with E-state index in [1.165, 1.54) is 21.1 Å². The van der Waals surface area contributed by atoms with Gasteiger partial charge in [0.25, 0.3) is 0 Å². The lowest BCUT2D eigenvalue weighted by Gasteiger charge is -2.59. The summed E-state index contributed by atoms with van der Waals surface area (Å²) in [6, 6.07) is 44.9. The van der Waals surface area contributed by atoms with Crippen LogP contribution in [0.3, 0.4) is 0 Å². The molecule has 0 N–H and O–H groups in total. The van der Waals surface area contributed by atoms with Gasteiger partial charge in [-0.05, 0) is 27.0 Å². The Bertz CT molecular complexity index is 1080. The fourth-order valence-corrected chi connectivity index (χ4v) is 14.6. The highest BCUT2D eigenvalue weighted by atomic mass is 32.2. The van der Waals surface area contributed by atoms with Gasteiger partial charge >= 0.3 is 0 Å². The highest BCUT2D eigenvalue weighted by Crippen LogP contribution is 2.56. The molecule has 0 aromatic heterocycles. The Morgan fingerprint density at radius 2 is 1.12 bits per heavy atom. The van der Waals surface area contributed by atoms with Crippen LogP contribution in [0.25, 0.3) is 0 Å². The maximum atomic E-state index is 6.79. The molecule has 3 heteroatoms. The fourth-order valence-electron chi connectivity index (χ4n) is 5.52. The van der Waals surface area contributed by atoms with E-state index in [4.69, 9.17) is 4.74 Å². The molecule has 34 heavy (non-hydrogen) atoms. The van der Waals surface area contributed by atoms with Gasteiger partial charge in [-0.15, -0.1) is 11.8 Å². The lowest BCUT2D eigenvalue weighted by atomic mass is 10.1. The van der Waals surface area contributed by atoms with Crippen LogP contribution in [0.2, 0.25) is 0 Å². The third-order valence-corrected chi connectivity index (χ3v) is 15.0. The van der Waals surface area contributed by atoms with Crippen LogP contribution in [-0.2, 0) is 9.11 Å². The maximum Gasteiger partial charge on any atom is 0.172 e. The third-order valence-electron chi connectivity index (χ3n) is 6.93. The van der Waals surface area contributed by atoms with E-state index in [0.717, 1.165) is 12.4 Å². The molecule has 0 amide bonds. The first kappa shape index (κ1) is 23.2. The second-order valence-corrected chi connectivity index (χ2v) is 15.1. The van der Waals surface area contributed by atoms with Crippen molar-refractivity contribution in [2.45, 2.75) is 24.3 Å². The number of thioether (sulfide) groups is 1. The first-order chi connectivity index (χ1) is 16.7. The predicted molar refractivity (Wildman–Crippen MR) is 149 cm³/mol. The molecule has 4 aromatic rings. The van der Waals surface area contributed by atoms with Crippen LogP contribution < -0.4 is 15.6 Å². The molecule has 1 heterocycles. The van der Waals surface area contributed by atoms with Crippen LogP contribution in [0, 0.1) is 5.92 Å². The molecule has 0 unspecified atom stereocenters. The first-order valence-electron chi connectivity index (χ1n) is 12.2. The highest BCUT2D eigenvalue weighted by Gasteiger charge is 2.66. The van der Waals surface area contributed by atoms with E-state index in [2.05, 4.69) is 147 Å². The van der Waals surface area contributed by atoms with E-state index in [-0.39, 0.29) is 10.5 Å².